The van der Waals surface area contributed by atoms with Gasteiger partial charge in [-0.1, -0.05) is 0 Å². The molecule has 2 heterocycles. The second-order valence-corrected chi connectivity index (χ2v) is 3.82. The number of nitrogens with zero attached hydrogens (tertiary/aromatic N) is 1. The van der Waals surface area contributed by atoms with Gasteiger partial charge in [0.1, 0.15) is 0 Å². The average molecular weight is 222 g/mol. The van der Waals surface area contributed by atoms with Crippen molar-refractivity contribution >= 4 is 11.8 Å². The molecule has 2 rings (SSSR count). The monoisotopic (exact) mass is 222 g/mol. The molecule has 0 atom stereocenters. The third kappa shape index (κ3) is 2.08. The molecule has 0 bridgehead atoms. The number of furan rings is 1. The maximum atomic E-state index is 12.0. The van der Waals surface area contributed by atoms with Crippen molar-refractivity contribution in [3.8, 4) is 0 Å². The van der Waals surface area contributed by atoms with Crippen LogP contribution < -0.4 is 5.32 Å². The van der Waals surface area contributed by atoms with E-state index in [1.165, 1.54) is 6.26 Å². The number of carbonyl (C=O) groups is 2. The van der Waals surface area contributed by atoms with E-state index in [2.05, 4.69) is 5.32 Å². The molecule has 0 saturated carbocycles. The van der Waals surface area contributed by atoms with Gasteiger partial charge in [-0.05, 0) is 13.0 Å². The van der Waals surface area contributed by atoms with Gasteiger partial charge in [-0.2, -0.15) is 0 Å². The summed E-state index contributed by atoms with van der Waals surface area (Å²) in [6.07, 6.45) is 1.86. The standard InChI is InChI=1S/C11H14N2O3/c1-8-3-7-16-10(8)11(15)13-5-2-9(14)12-4-6-13/h3,7H,2,4-6H2,1H3,(H,12,14). The van der Waals surface area contributed by atoms with E-state index in [1.807, 2.05) is 6.92 Å². The summed E-state index contributed by atoms with van der Waals surface area (Å²) in [7, 11) is 0. The molecular weight excluding hydrogens is 208 g/mol. The van der Waals surface area contributed by atoms with Crippen LogP contribution in [0.15, 0.2) is 16.7 Å². The van der Waals surface area contributed by atoms with E-state index >= 15 is 0 Å². The summed E-state index contributed by atoms with van der Waals surface area (Å²) in [5, 5.41) is 2.73. The topological polar surface area (TPSA) is 62.6 Å². The molecule has 0 radical (unpaired) electrons. The first kappa shape index (κ1) is 10.7. The second kappa shape index (κ2) is 4.38. The molecule has 0 aromatic carbocycles. The van der Waals surface area contributed by atoms with Gasteiger partial charge in [-0.15, -0.1) is 0 Å². The molecule has 2 amide bonds. The van der Waals surface area contributed by atoms with Crippen LogP contribution in [0.5, 0.6) is 0 Å². The molecule has 1 aromatic rings. The Morgan fingerprint density at radius 1 is 1.50 bits per heavy atom. The Labute approximate surface area is 93.4 Å². The summed E-state index contributed by atoms with van der Waals surface area (Å²) in [5.41, 5.74) is 0.827. The minimum absolute atomic E-state index is 0.00790. The maximum Gasteiger partial charge on any atom is 0.289 e. The number of amides is 2. The van der Waals surface area contributed by atoms with E-state index < -0.39 is 0 Å². The predicted molar refractivity (Wildman–Crippen MR) is 57.0 cm³/mol. The highest BCUT2D eigenvalue weighted by molar-refractivity contribution is 5.93. The van der Waals surface area contributed by atoms with Crippen LogP contribution in [-0.4, -0.2) is 36.3 Å². The Balaban J connectivity index is 2.10. The summed E-state index contributed by atoms with van der Waals surface area (Å²) in [5.74, 6) is 0.222. The second-order valence-electron chi connectivity index (χ2n) is 3.82. The third-order valence-corrected chi connectivity index (χ3v) is 2.66. The number of aryl methyl sites for hydroxylation is 1. The molecule has 0 aliphatic carbocycles. The zero-order valence-electron chi connectivity index (χ0n) is 9.16. The summed E-state index contributed by atoms with van der Waals surface area (Å²) in [4.78, 5) is 24.8. The van der Waals surface area contributed by atoms with Gasteiger partial charge < -0.3 is 14.6 Å². The van der Waals surface area contributed by atoms with Gasteiger partial charge in [0.2, 0.25) is 5.91 Å². The van der Waals surface area contributed by atoms with E-state index in [1.54, 1.807) is 11.0 Å². The number of hydrogen-bond donors (Lipinski definition) is 1. The van der Waals surface area contributed by atoms with E-state index in [4.69, 9.17) is 4.42 Å². The molecule has 1 saturated heterocycles. The van der Waals surface area contributed by atoms with Crippen LogP contribution >= 0.6 is 0 Å². The number of hydrogen-bond acceptors (Lipinski definition) is 3. The van der Waals surface area contributed by atoms with Crippen LogP contribution in [0.3, 0.4) is 0 Å². The van der Waals surface area contributed by atoms with Gasteiger partial charge in [0.25, 0.3) is 5.91 Å². The Bertz CT molecular complexity index is 411. The molecule has 1 fully saturated rings. The normalized spacial score (nSPS) is 16.8. The first-order chi connectivity index (χ1) is 7.68. The van der Waals surface area contributed by atoms with E-state index in [9.17, 15) is 9.59 Å². The number of carbonyl (C=O) groups excluding carboxylic acids is 2. The van der Waals surface area contributed by atoms with Crippen molar-refractivity contribution in [2.45, 2.75) is 13.3 Å². The summed E-state index contributed by atoms with van der Waals surface area (Å²) in [6, 6.07) is 1.76. The van der Waals surface area contributed by atoms with E-state index in [-0.39, 0.29) is 11.8 Å². The van der Waals surface area contributed by atoms with E-state index in [0.717, 1.165) is 5.56 Å². The lowest BCUT2D eigenvalue weighted by atomic mass is 10.2. The average Bonchev–Trinajstić information content (AvgIpc) is 2.56. The Kier molecular flexibility index (Phi) is 2.94. The lowest BCUT2D eigenvalue weighted by Gasteiger charge is -2.18. The first-order valence-corrected chi connectivity index (χ1v) is 5.28. The Hall–Kier alpha value is -1.78. The molecule has 5 nitrogen and oxygen atoms in total. The molecule has 0 unspecified atom stereocenters. The van der Waals surface area contributed by atoms with Gasteiger partial charge in [-0.25, -0.2) is 0 Å². The van der Waals surface area contributed by atoms with Crippen LogP contribution in [0.2, 0.25) is 0 Å². The SMILES string of the molecule is Cc1ccoc1C(=O)N1CCNC(=O)CC1. The lowest BCUT2D eigenvalue weighted by molar-refractivity contribution is -0.120. The number of nitrogens with one attached hydrogen (secondary N) is 1. The lowest BCUT2D eigenvalue weighted by Crippen LogP contribution is -2.34. The van der Waals surface area contributed by atoms with E-state index in [0.29, 0.717) is 31.8 Å². The fourth-order valence-corrected chi connectivity index (χ4v) is 1.71. The summed E-state index contributed by atoms with van der Waals surface area (Å²) >= 11 is 0. The molecule has 1 aromatic heterocycles. The largest absolute Gasteiger partial charge is 0.459 e. The highest BCUT2D eigenvalue weighted by Gasteiger charge is 2.22. The summed E-state index contributed by atoms with van der Waals surface area (Å²) < 4.78 is 5.15. The number of rotatable bonds is 1. The Morgan fingerprint density at radius 3 is 3.00 bits per heavy atom. The molecule has 1 aliphatic heterocycles. The minimum Gasteiger partial charge on any atom is -0.459 e. The van der Waals surface area contributed by atoms with Crippen molar-refractivity contribution in [1.29, 1.82) is 0 Å². The van der Waals surface area contributed by atoms with Crippen molar-refractivity contribution in [3.05, 3.63) is 23.7 Å². The molecule has 1 N–H and O–H groups in total. The third-order valence-electron chi connectivity index (χ3n) is 2.66. The van der Waals surface area contributed by atoms with Crippen molar-refractivity contribution in [2.24, 2.45) is 0 Å². The highest BCUT2D eigenvalue weighted by atomic mass is 16.3. The molecule has 0 spiro atoms. The van der Waals surface area contributed by atoms with Crippen molar-refractivity contribution in [3.63, 3.8) is 0 Å². The fourth-order valence-electron chi connectivity index (χ4n) is 1.71. The van der Waals surface area contributed by atoms with Gasteiger partial charge >= 0.3 is 0 Å². The van der Waals surface area contributed by atoms with Crippen LogP contribution in [-0.2, 0) is 4.79 Å². The molecular formula is C11H14N2O3. The van der Waals surface area contributed by atoms with Crippen molar-refractivity contribution in [2.75, 3.05) is 19.6 Å². The molecule has 5 heteroatoms. The van der Waals surface area contributed by atoms with Crippen LogP contribution in [0.25, 0.3) is 0 Å². The highest BCUT2D eigenvalue weighted by Crippen LogP contribution is 2.12. The van der Waals surface area contributed by atoms with Crippen molar-refractivity contribution < 1.29 is 14.0 Å². The van der Waals surface area contributed by atoms with Gasteiger partial charge in [0.05, 0.1) is 6.26 Å². The fraction of sp³-hybridized carbons (Fsp3) is 0.455. The van der Waals surface area contributed by atoms with Gasteiger partial charge in [0, 0.05) is 31.6 Å². The zero-order valence-corrected chi connectivity index (χ0v) is 9.16. The maximum absolute atomic E-state index is 12.0. The van der Waals surface area contributed by atoms with Crippen LogP contribution in [0, 0.1) is 6.92 Å². The van der Waals surface area contributed by atoms with Crippen LogP contribution in [0.4, 0.5) is 0 Å². The Morgan fingerprint density at radius 2 is 2.31 bits per heavy atom. The molecule has 86 valence electrons. The first-order valence-electron chi connectivity index (χ1n) is 5.28. The quantitative estimate of drug-likeness (QED) is 0.754. The summed E-state index contributed by atoms with van der Waals surface area (Å²) in [6.45, 7) is 3.32. The minimum atomic E-state index is -0.140. The predicted octanol–water partition coefficient (Wildman–Crippen LogP) is 0.550. The zero-order chi connectivity index (χ0) is 11.5. The molecule has 1 aliphatic rings. The molecule has 16 heavy (non-hydrogen) atoms. The van der Waals surface area contributed by atoms with Crippen molar-refractivity contribution in [1.82, 2.24) is 10.2 Å². The van der Waals surface area contributed by atoms with Gasteiger partial charge in [0.15, 0.2) is 5.76 Å². The smallest absolute Gasteiger partial charge is 0.289 e. The van der Waals surface area contributed by atoms with Crippen LogP contribution in [0.1, 0.15) is 22.5 Å². The van der Waals surface area contributed by atoms with Gasteiger partial charge in [-0.3, -0.25) is 9.59 Å².